The third kappa shape index (κ3) is 2.44. The number of hydrogen-bond donors (Lipinski definition) is 0. The number of rotatable bonds is 2. The second-order valence-corrected chi connectivity index (χ2v) is 4.50. The molecule has 2 aromatic rings. The molecular weight excluding hydrogens is 257 g/mol. The molecule has 86 valence electrons. The maximum atomic E-state index is 8.68. The average Bonchev–Trinajstić information content (AvgIpc) is 2.60. The number of hydrogen-bond acceptors (Lipinski definition) is 2. The minimum atomic E-state index is 0.347. The van der Waals surface area contributed by atoms with Gasteiger partial charge in [-0.25, -0.2) is 4.68 Å². The van der Waals surface area contributed by atoms with E-state index in [9.17, 15) is 0 Å². The lowest BCUT2D eigenvalue weighted by molar-refractivity contribution is 0.845. The first-order valence-corrected chi connectivity index (χ1v) is 5.74. The molecular formula is C12H9Cl2N3. The van der Waals surface area contributed by atoms with Gasteiger partial charge in [0.25, 0.3) is 0 Å². The zero-order valence-corrected chi connectivity index (χ0v) is 10.6. The smallest absolute Gasteiger partial charge is 0.0678 e. The second-order valence-electron chi connectivity index (χ2n) is 3.63. The molecule has 3 nitrogen and oxygen atoms in total. The van der Waals surface area contributed by atoms with Crippen LogP contribution in [0.2, 0.25) is 10.0 Å². The molecule has 0 saturated heterocycles. The predicted octanol–water partition coefficient (Wildman–Crippen LogP) is 3.55. The van der Waals surface area contributed by atoms with Gasteiger partial charge in [0.15, 0.2) is 0 Å². The zero-order chi connectivity index (χ0) is 12.4. The van der Waals surface area contributed by atoms with Gasteiger partial charge in [-0.2, -0.15) is 10.4 Å². The molecule has 0 spiro atoms. The first-order valence-electron chi connectivity index (χ1n) is 4.98. The Hall–Kier alpha value is -1.50. The standard InChI is InChI=1S/C12H9Cl2N3/c1-8-9(2-3-15)7-16-17(8)12-5-10(13)4-11(14)6-12/h4-7H,2H2,1H3. The fourth-order valence-electron chi connectivity index (χ4n) is 1.62. The molecule has 0 radical (unpaired) electrons. The summed E-state index contributed by atoms with van der Waals surface area (Å²) < 4.78 is 1.73. The Morgan fingerprint density at radius 1 is 1.29 bits per heavy atom. The number of aromatic nitrogens is 2. The molecule has 0 aliphatic heterocycles. The summed E-state index contributed by atoms with van der Waals surface area (Å²) in [6.45, 7) is 1.91. The van der Waals surface area contributed by atoms with E-state index >= 15 is 0 Å². The highest BCUT2D eigenvalue weighted by Crippen LogP contribution is 2.23. The van der Waals surface area contributed by atoms with Crippen molar-refractivity contribution in [2.75, 3.05) is 0 Å². The van der Waals surface area contributed by atoms with E-state index in [1.165, 1.54) is 0 Å². The van der Waals surface area contributed by atoms with E-state index in [-0.39, 0.29) is 0 Å². The van der Waals surface area contributed by atoms with Gasteiger partial charge in [-0.05, 0) is 25.1 Å². The van der Waals surface area contributed by atoms with Gasteiger partial charge < -0.3 is 0 Å². The lowest BCUT2D eigenvalue weighted by Gasteiger charge is -2.06. The Morgan fingerprint density at radius 3 is 2.53 bits per heavy atom. The van der Waals surface area contributed by atoms with Gasteiger partial charge in [-0.1, -0.05) is 23.2 Å². The second kappa shape index (κ2) is 4.79. The van der Waals surface area contributed by atoms with Crippen LogP contribution in [0.1, 0.15) is 11.3 Å². The molecule has 0 unspecified atom stereocenters. The lowest BCUT2D eigenvalue weighted by atomic mass is 10.2. The van der Waals surface area contributed by atoms with Crippen molar-refractivity contribution >= 4 is 23.2 Å². The van der Waals surface area contributed by atoms with E-state index in [0.29, 0.717) is 16.5 Å². The van der Waals surface area contributed by atoms with Crippen molar-refractivity contribution in [2.45, 2.75) is 13.3 Å². The van der Waals surface area contributed by atoms with Gasteiger partial charge in [0.1, 0.15) is 0 Å². The third-order valence-corrected chi connectivity index (χ3v) is 2.91. The molecule has 5 heteroatoms. The van der Waals surface area contributed by atoms with Crippen LogP contribution in [-0.4, -0.2) is 9.78 Å². The molecule has 2 rings (SSSR count). The largest absolute Gasteiger partial charge is 0.238 e. The van der Waals surface area contributed by atoms with E-state index in [4.69, 9.17) is 28.5 Å². The Morgan fingerprint density at radius 2 is 1.94 bits per heavy atom. The summed E-state index contributed by atoms with van der Waals surface area (Å²) in [7, 11) is 0. The van der Waals surface area contributed by atoms with Crippen LogP contribution in [0.15, 0.2) is 24.4 Å². The van der Waals surface area contributed by atoms with Crippen LogP contribution >= 0.6 is 23.2 Å². The molecule has 0 aliphatic rings. The van der Waals surface area contributed by atoms with Crippen molar-refractivity contribution in [3.05, 3.63) is 45.7 Å². The summed E-state index contributed by atoms with van der Waals surface area (Å²) in [6.07, 6.45) is 2.04. The van der Waals surface area contributed by atoms with Gasteiger partial charge in [0.2, 0.25) is 0 Å². The highest BCUT2D eigenvalue weighted by atomic mass is 35.5. The maximum Gasteiger partial charge on any atom is 0.0678 e. The van der Waals surface area contributed by atoms with Crippen molar-refractivity contribution in [2.24, 2.45) is 0 Å². The first kappa shape index (κ1) is 12.0. The molecule has 0 atom stereocenters. The van der Waals surface area contributed by atoms with Crippen molar-refractivity contribution in [1.82, 2.24) is 9.78 Å². The molecule has 0 fully saturated rings. The first-order chi connectivity index (χ1) is 8.11. The van der Waals surface area contributed by atoms with Gasteiger partial charge in [-0.3, -0.25) is 0 Å². The fraction of sp³-hybridized carbons (Fsp3) is 0.167. The van der Waals surface area contributed by atoms with E-state index in [1.54, 1.807) is 29.1 Å². The summed E-state index contributed by atoms with van der Waals surface area (Å²) in [5.74, 6) is 0. The Balaban J connectivity index is 2.50. The Kier molecular flexibility index (Phi) is 3.37. The van der Waals surface area contributed by atoms with E-state index in [0.717, 1.165) is 16.9 Å². The van der Waals surface area contributed by atoms with Crippen molar-refractivity contribution in [3.8, 4) is 11.8 Å². The number of nitrogens with zero attached hydrogens (tertiary/aromatic N) is 3. The molecule has 0 bridgehead atoms. The summed E-state index contributed by atoms with van der Waals surface area (Å²) in [6, 6.07) is 7.34. The lowest BCUT2D eigenvalue weighted by Crippen LogP contribution is -1.99. The minimum Gasteiger partial charge on any atom is -0.238 e. The van der Waals surface area contributed by atoms with Gasteiger partial charge in [0.05, 0.1) is 24.4 Å². The Bertz CT molecular complexity index is 576. The molecule has 1 aromatic heterocycles. The van der Waals surface area contributed by atoms with E-state index < -0.39 is 0 Å². The third-order valence-electron chi connectivity index (χ3n) is 2.47. The molecule has 0 N–H and O–H groups in total. The number of nitriles is 1. The van der Waals surface area contributed by atoms with Crippen LogP contribution in [0.4, 0.5) is 0 Å². The van der Waals surface area contributed by atoms with Crippen LogP contribution in [0.3, 0.4) is 0 Å². The molecule has 0 amide bonds. The molecule has 0 aliphatic carbocycles. The monoisotopic (exact) mass is 265 g/mol. The molecule has 0 saturated carbocycles. The van der Waals surface area contributed by atoms with Gasteiger partial charge in [0, 0.05) is 21.3 Å². The molecule has 17 heavy (non-hydrogen) atoms. The molecule has 1 aromatic carbocycles. The van der Waals surface area contributed by atoms with Gasteiger partial charge >= 0.3 is 0 Å². The average molecular weight is 266 g/mol. The van der Waals surface area contributed by atoms with Crippen molar-refractivity contribution in [3.63, 3.8) is 0 Å². The summed E-state index contributed by atoms with van der Waals surface area (Å²) in [4.78, 5) is 0. The highest BCUT2D eigenvalue weighted by molar-refractivity contribution is 6.34. The quantitative estimate of drug-likeness (QED) is 0.834. The van der Waals surface area contributed by atoms with Crippen LogP contribution in [0.5, 0.6) is 0 Å². The Labute approximate surface area is 109 Å². The van der Waals surface area contributed by atoms with Crippen LogP contribution in [0, 0.1) is 18.3 Å². The van der Waals surface area contributed by atoms with Crippen molar-refractivity contribution < 1.29 is 0 Å². The van der Waals surface area contributed by atoms with Crippen molar-refractivity contribution in [1.29, 1.82) is 5.26 Å². The number of benzene rings is 1. The summed E-state index contributed by atoms with van der Waals surface area (Å²) in [5, 5.41) is 14.0. The van der Waals surface area contributed by atoms with Gasteiger partial charge in [-0.15, -0.1) is 0 Å². The SMILES string of the molecule is Cc1c(CC#N)cnn1-c1cc(Cl)cc(Cl)c1. The summed E-state index contributed by atoms with van der Waals surface area (Å²) in [5.41, 5.74) is 2.62. The fourth-order valence-corrected chi connectivity index (χ4v) is 2.14. The highest BCUT2D eigenvalue weighted by Gasteiger charge is 2.08. The van der Waals surface area contributed by atoms with Crippen LogP contribution in [0.25, 0.3) is 5.69 Å². The zero-order valence-electron chi connectivity index (χ0n) is 9.11. The predicted molar refractivity (Wildman–Crippen MR) is 67.6 cm³/mol. The molecule has 1 heterocycles. The number of halogens is 2. The van der Waals surface area contributed by atoms with E-state index in [2.05, 4.69) is 11.2 Å². The topological polar surface area (TPSA) is 41.6 Å². The normalized spacial score (nSPS) is 10.2. The van der Waals surface area contributed by atoms with Crippen LogP contribution in [-0.2, 0) is 6.42 Å². The summed E-state index contributed by atoms with van der Waals surface area (Å²) >= 11 is 11.9. The minimum absolute atomic E-state index is 0.347. The van der Waals surface area contributed by atoms with E-state index in [1.807, 2.05) is 6.92 Å². The van der Waals surface area contributed by atoms with Crippen LogP contribution < -0.4 is 0 Å². The maximum absolute atomic E-state index is 8.68.